The number of anilines is 2. The summed E-state index contributed by atoms with van der Waals surface area (Å²) in [4.78, 5) is 17.4. The second-order valence-electron chi connectivity index (χ2n) is 4.03. The molecule has 2 rings (SSSR count). The Morgan fingerprint density at radius 2 is 2.11 bits per heavy atom. The molecule has 0 bridgehead atoms. The van der Waals surface area contributed by atoms with Crippen LogP contribution < -0.4 is 10.6 Å². The minimum atomic E-state index is -0.457. The summed E-state index contributed by atoms with van der Waals surface area (Å²) < 4.78 is 13.6. The SMILES string of the molecule is CNc1c(F)cccc1C(=O)Nc1nc(C)c(C)s1. The van der Waals surface area contributed by atoms with Crippen molar-refractivity contribution in [1.29, 1.82) is 0 Å². The molecule has 1 aromatic heterocycles. The largest absolute Gasteiger partial charge is 0.385 e. The van der Waals surface area contributed by atoms with Crippen molar-refractivity contribution in [3.8, 4) is 0 Å². The van der Waals surface area contributed by atoms with Crippen LogP contribution in [0.4, 0.5) is 15.2 Å². The molecule has 4 nitrogen and oxygen atoms in total. The molecule has 0 unspecified atom stereocenters. The number of nitrogens with one attached hydrogen (secondary N) is 2. The average Bonchev–Trinajstić information content (AvgIpc) is 2.67. The molecule has 2 N–H and O–H groups in total. The van der Waals surface area contributed by atoms with Gasteiger partial charge in [0.05, 0.1) is 16.9 Å². The maximum atomic E-state index is 13.6. The second-order valence-corrected chi connectivity index (χ2v) is 5.23. The number of halogens is 1. The molecule has 1 heterocycles. The van der Waals surface area contributed by atoms with E-state index in [9.17, 15) is 9.18 Å². The lowest BCUT2D eigenvalue weighted by Crippen LogP contribution is -2.14. The van der Waals surface area contributed by atoms with Crippen LogP contribution in [0.5, 0.6) is 0 Å². The summed E-state index contributed by atoms with van der Waals surface area (Å²) in [5.74, 6) is -0.834. The molecule has 6 heteroatoms. The van der Waals surface area contributed by atoms with Crippen molar-refractivity contribution in [1.82, 2.24) is 4.98 Å². The van der Waals surface area contributed by atoms with Gasteiger partial charge in [0.1, 0.15) is 5.82 Å². The molecule has 1 aromatic carbocycles. The van der Waals surface area contributed by atoms with E-state index in [4.69, 9.17) is 0 Å². The Balaban J connectivity index is 2.27. The molecular formula is C13H14FN3OS. The number of nitrogens with zero attached hydrogens (tertiary/aromatic N) is 1. The zero-order chi connectivity index (χ0) is 14.0. The first-order valence-electron chi connectivity index (χ1n) is 5.74. The highest BCUT2D eigenvalue weighted by Gasteiger charge is 2.15. The third-order valence-electron chi connectivity index (χ3n) is 2.76. The van der Waals surface area contributed by atoms with Crippen LogP contribution in [0, 0.1) is 19.7 Å². The van der Waals surface area contributed by atoms with Crippen LogP contribution in [0.1, 0.15) is 20.9 Å². The van der Waals surface area contributed by atoms with Gasteiger partial charge in [0.2, 0.25) is 0 Å². The molecule has 1 amide bonds. The van der Waals surface area contributed by atoms with Gasteiger partial charge >= 0.3 is 0 Å². The predicted molar refractivity (Wildman–Crippen MR) is 75.5 cm³/mol. The number of amides is 1. The van der Waals surface area contributed by atoms with Gasteiger partial charge in [-0.15, -0.1) is 11.3 Å². The van der Waals surface area contributed by atoms with Crippen LogP contribution in [0.15, 0.2) is 18.2 Å². The maximum absolute atomic E-state index is 13.6. The Morgan fingerprint density at radius 3 is 2.68 bits per heavy atom. The molecule has 0 aliphatic carbocycles. The average molecular weight is 279 g/mol. The van der Waals surface area contributed by atoms with Gasteiger partial charge in [0.25, 0.3) is 5.91 Å². The van der Waals surface area contributed by atoms with E-state index < -0.39 is 5.82 Å². The van der Waals surface area contributed by atoms with Crippen LogP contribution in [-0.4, -0.2) is 17.9 Å². The van der Waals surface area contributed by atoms with Gasteiger partial charge in [0.15, 0.2) is 5.13 Å². The first-order valence-corrected chi connectivity index (χ1v) is 6.56. The van der Waals surface area contributed by atoms with Crippen molar-refractivity contribution in [3.05, 3.63) is 40.2 Å². The van der Waals surface area contributed by atoms with Gasteiger partial charge < -0.3 is 5.32 Å². The lowest BCUT2D eigenvalue weighted by atomic mass is 10.1. The monoisotopic (exact) mass is 279 g/mol. The number of carbonyl (C=O) groups excluding carboxylic acids is 1. The maximum Gasteiger partial charge on any atom is 0.259 e. The van der Waals surface area contributed by atoms with Crippen molar-refractivity contribution in [3.63, 3.8) is 0 Å². The van der Waals surface area contributed by atoms with E-state index in [1.165, 1.54) is 23.5 Å². The summed E-state index contributed by atoms with van der Waals surface area (Å²) in [7, 11) is 1.58. The van der Waals surface area contributed by atoms with Gasteiger partial charge in [0, 0.05) is 11.9 Å². The zero-order valence-corrected chi connectivity index (χ0v) is 11.7. The van der Waals surface area contributed by atoms with E-state index in [1.807, 2.05) is 13.8 Å². The van der Waals surface area contributed by atoms with Gasteiger partial charge in [-0.25, -0.2) is 9.37 Å². The fourth-order valence-corrected chi connectivity index (χ4v) is 2.47. The van der Waals surface area contributed by atoms with Crippen LogP contribution in [0.25, 0.3) is 0 Å². The van der Waals surface area contributed by atoms with E-state index in [-0.39, 0.29) is 17.2 Å². The van der Waals surface area contributed by atoms with Crippen LogP contribution >= 0.6 is 11.3 Å². The number of aryl methyl sites for hydroxylation is 2. The highest BCUT2D eigenvalue weighted by molar-refractivity contribution is 7.15. The molecule has 0 spiro atoms. The zero-order valence-electron chi connectivity index (χ0n) is 10.9. The fourth-order valence-electron chi connectivity index (χ4n) is 1.66. The lowest BCUT2D eigenvalue weighted by Gasteiger charge is -2.09. The first kappa shape index (κ1) is 13.5. The summed E-state index contributed by atoms with van der Waals surface area (Å²) >= 11 is 1.40. The van der Waals surface area contributed by atoms with Crippen molar-refractivity contribution >= 4 is 28.1 Å². The Bertz CT molecular complexity index is 605. The second kappa shape index (κ2) is 5.36. The van der Waals surface area contributed by atoms with Crippen molar-refractivity contribution in [2.24, 2.45) is 0 Å². The summed E-state index contributed by atoms with van der Waals surface area (Å²) in [5.41, 5.74) is 1.33. The standard InChI is InChI=1S/C13H14FN3OS/c1-7-8(2)19-13(16-7)17-12(18)9-5-4-6-10(14)11(9)15-3/h4-6,15H,1-3H3,(H,16,17,18). The smallest absolute Gasteiger partial charge is 0.259 e. The fraction of sp³-hybridized carbons (Fsp3) is 0.231. The molecular weight excluding hydrogens is 265 g/mol. The number of para-hydroxylation sites is 1. The van der Waals surface area contributed by atoms with E-state index in [0.717, 1.165) is 10.6 Å². The van der Waals surface area contributed by atoms with E-state index in [1.54, 1.807) is 13.1 Å². The highest BCUT2D eigenvalue weighted by atomic mass is 32.1. The normalized spacial score (nSPS) is 10.3. The number of benzene rings is 1. The molecule has 100 valence electrons. The molecule has 0 saturated heterocycles. The van der Waals surface area contributed by atoms with E-state index in [2.05, 4.69) is 15.6 Å². The number of hydrogen-bond donors (Lipinski definition) is 2. The number of aromatic nitrogens is 1. The Labute approximate surface area is 114 Å². The number of rotatable bonds is 3. The van der Waals surface area contributed by atoms with Crippen LogP contribution in [0.2, 0.25) is 0 Å². The molecule has 0 fully saturated rings. The van der Waals surface area contributed by atoms with Crippen molar-refractivity contribution in [2.75, 3.05) is 17.7 Å². The molecule has 0 saturated carbocycles. The van der Waals surface area contributed by atoms with Crippen LogP contribution in [-0.2, 0) is 0 Å². The van der Waals surface area contributed by atoms with Crippen LogP contribution in [0.3, 0.4) is 0 Å². The quantitative estimate of drug-likeness (QED) is 0.907. The number of carbonyl (C=O) groups is 1. The lowest BCUT2D eigenvalue weighted by molar-refractivity contribution is 0.102. The summed E-state index contributed by atoms with van der Waals surface area (Å²) in [5, 5.41) is 5.90. The van der Waals surface area contributed by atoms with Gasteiger partial charge in [-0.2, -0.15) is 0 Å². The minimum Gasteiger partial charge on any atom is -0.385 e. The summed E-state index contributed by atoms with van der Waals surface area (Å²) in [6, 6.07) is 4.38. The molecule has 0 atom stereocenters. The molecule has 19 heavy (non-hydrogen) atoms. The summed E-state index contributed by atoms with van der Waals surface area (Å²) in [6.07, 6.45) is 0. The van der Waals surface area contributed by atoms with Gasteiger partial charge in [-0.05, 0) is 26.0 Å². The summed E-state index contributed by atoms with van der Waals surface area (Å²) in [6.45, 7) is 3.81. The highest BCUT2D eigenvalue weighted by Crippen LogP contribution is 2.24. The third-order valence-corrected chi connectivity index (χ3v) is 3.75. The molecule has 0 aliphatic rings. The number of thiazole rings is 1. The number of hydrogen-bond acceptors (Lipinski definition) is 4. The van der Waals surface area contributed by atoms with Crippen molar-refractivity contribution in [2.45, 2.75) is 13.8 Å². The first-order chi connectivity index (χ1) is 9.02. The Kier molecular flexibility index (Phi) is 3.80. The van der Waals surface area contributed by atoms with E-state index in [0.29, 0.717) is 5.13 Å². The van der Waals surface area contributed by atoms with E-state index >= 15 is 0 Å². The molecule has 2 aromatic rings. The molecule has 0 radical (unpaired) electrons. The molecule has 0 aliphatic heterocycles. The Morgan fingerprint density at radius 1 is 1.37 bits per heavy atom. The predicted octanol–water partition coefficient (Wildman–Crippen LogP) is 3.19. The van der Waals surface area contributed by atoms with Crippen molar-refractivity contribution < 1.29 is 9.18 Å². The third kappa shape index (κ3) is 2.73. The minimum absolute atomic E-state index is 0.185. The van der Waals surface area contributed by atoms with Gasteiger partial charge in [-0.1, -0.05) is 6.07 Å². The topological polar surface area (TPSA) is 54.0 Å². The van der Waals surface area contributed by atoms with Gasteiger partial charge in [-0.3, -0.25) is 10.1 Å². The Hall–Kier alpha value is -1.95.